The van der Waals surface area contributed by atoms with Gasteiger partial charge in [-0.05, 0) is 39.2 Å². The molecule has 1 aliphatic heterocycles. The van der Waals surface area contributed by atoms with Gasteiger partial charge in [-0.1, -0.05) is 6.92 Å². The van der Waals surface area contributed by atoms with Crippen molar-refractivity contribution in [2.45, 2.75) is 51.2 Å². The van der Waals surface area contributed by atoms with E-state index in [0.29, 0.717) is 6.04 Å². The van der Waals surface area contributed by atoms with Crippen molar-refractivity contribution >= 4 is 0 Å². The Hall–Kier alpha value is -0.120. The van der Waals surface area contributed by atoms with E-state index in [2.05, 4.69) is 19.2 Å². The van der Waals surface area contributed by atoms with Crippen LogP contribution in [0, 0.1) is 0 Å². The Morgan fingerprint density at radius 1 is 1.53 bits per heavy atom. The molecule has 0 radical (unpaired) electrons. The van der Waals surface area contributed by atoms with Gasteiger partial charge in [0.15, 0.2) is 0 Å². The molecule has 90 valence electrons. The molecule has 3 heteroatoms. The number of hydrogen-bond acceptors (Lipinski definition) is 3. The minimum absolute atomic E-state index is 0.0454. The Bertz CT molecular complexity index is 167. The molecule has 0 bridgehead atoms. The van der Waals surface area contributed by atoms with E-state index in [9.17, 15) is 0 Å². The van der Waals surface area contributed by atoms with E-state index in [1.165, 1.54) is 12.8 Å². The average Bonchev–Trinajstić information content (AvgIpc) is 2.65. The summed E-state index contributed by atoms with van der Waals surface area (Å²) in [6.45, 7) is 7.17. The summed E-state index contributed by atoms with van der Waals surface area (Å²) in [5.41, 5.74) is 0.0454. The third kappa shape index (κ3) is 3.74. The van der Waals surface area contributed by atoms with E-state index in [1.54, 1.807) is 7.11 Å². The molecule has 0 aromatic heterocycles. The summed E-state index contributed by atoms with van der Waals surface area (Å²) >= 11 is 0. The molecular formula is C12H25NO2. The Morgan fingerprint density at radius 2 is 2.33 bits per heavy atom. The first-order valence-electron chi connectivity index (χ1n) is 6.09. The zero-order chi connectivity index (χ0) is 11.1. The molecule has 0 aromatic rings. The van der Waals surface area contributed by atoms with Crippen molar-refractivity contribution in [2.24, 2.45) is 0 Å². The van der Waals surface area contributed by atoms with Crippen molar-refractivity contribution in [3.05, 3.63) is 0 Å². The van der Waals surface area contributed by atoms with Crippen LogP contribution in [-0.4, -0.2) is 38.5 Å². The number of ether oxygens (including phenoxy) is 2. The van der Waals surface area contributed by atoms with Crippen molar-refractivity contribution < 1.29 is 9.47 Å². The largest absolute Gasteiger partial charge is 0.385 e. The van der Waals surface area contributed by atoms with Crippen LogP contribution in [0.1, 0.15) is 39.5 Å². The lowest BCUT2D eigenvalue weighted by Crippen LogP contribution is -2.48. The van der Waals surface area contributed by atoms with Gasteiger partial charge in [0.05, 0.1) is 5.60 Å². The molecule has 2 atom stereocenters. The van der Waals surface area contributed by atoms with Crippen LogP contribution in [0.4, 0.5) is 0 Å². The van der Waals surface area contributed by atoms with Crippen molar-refractivity contribution in [3.8, 4) is 0 Å². The smallest absolute Gasteiger partial charge is 0.0807 e. The highest BCUT2D eigenvalue weighted by Gasteiger charge is 2.37. The van der Waals surface area contributed by atoms with Crippen LogP contribution in [0.25, 0.3) is 0 Å². The molecule has 1 N–H and O–H groups in total. The first kappa shape index (κ1) is 12.9. The van der Waals surface area contributed by atoms with Gasteiger partial charge in [-0.2, -0.15) is 0 Å². The van der Waals surface area contributed by atoms with Crippen molar-refractivity contribution in [3.63, 3.8) is 0 Å². The highest BCUT2D eigenvalue weighted by Crippen LogP contribution is 2.30. The third-order valence-corrected chi connectivity index (χ3v) is 3.28. The first-order valence-corrected chi connectivity index (χ1v) is 6.09. The molecular weight excluding hydrogens is 190 g/mol. The minimum atomic E-state index is 0.0454. The van der Waals surface area contributed by atoms with Gasteiger partial charge in [0.25, 0.3) is 0 Å². The zero-order valence-electron chi connectivity index (χ0n) is 10.3. The number of methoxy groups -OCH3 is 1. The van der Waals surface area contributed by atoms with Crippen LogP contribution in [0.3, 0.4) is 0 Å². The third-order valence-electron chi connectivity index (χ3n) is 3.28. The van der Waals surface area contributed by atoms with Gasteiger partial charge < -0.3 is 14.8 Å². The maximum absolute atomic E-state index is 5.88. The van der Waals surface area contributed by atoms with E-state index in [4.69, 9.17) is 9.47 Å². The molecule has 1 saturated heterocycles. The van der Waals surface area contributed by atoms with E-state index >= 15 is 0 Å². The topological polar surface area (TPSA) is 30.5 Å². The van der Waals surface area contributed by atoms with E-state index in [1.807, 2.05) is 0 Å². The van der Waals surface area contributed by atoms with Crippen LogP contribution in [0.15, 0.2) is 0 Å². The first-order chi connectivity index (χ1) is 7.23. The van der Waals surface area contributed by atoms with Crippen LogP contribution >= 0.6 is 0 Å². The van der Waals surface area contributed by atoms with Gasteiger partial charge >= 0.3 is 0 Å². The molecule has 0 spiro atoms. The molecule has 0 saturated carbocycles. The van der Waals surface area contributed by atoms with Crippen LogP contribution in [0.2, 0.25) is 0 Å². The molecule has 1 fully saturated rings. The van der Waals surface area contributed by atoms with Gasteiger partial charge in [-0.25, -0.2) is 0 Å². The Kier molecular flexibility index (Phi) is 5.58. The fraction of sp³-hybridized carbons (Fsp3) is 1.00. The predicted molar refractivity (Wildman–Crippen MR) is 62.2 cm³/mol. The summed E-state index contributed by atoms with van der Waals surface area (Å²) in [5.74, 6) is 0. The van der Waals surface area contributed by atoms with E-state index in [0.717, 1.165) is 32.6 Å². The van der Waals surface area contributed by atoms with Gasteiger partial charge in [0.1, 0.15) is 0 Å². The summed E-state index contributed by atoms with van der Waals surface area (Å²) in [7, 11) is 1.76. The quantitative estimate of drug-likeness (QED) is 0.659. The number of likely N-dealkylation sites (N-methyl/N-ethyl adjacent to an activating group) is 1. The van der Waals surface area contributed by atoms with E-state index < -0.39 is 0 Å². The van der Waals surface area contributed by atoms with Crippen LogP contribution in [-0.2, 0) is 9.47 Å². The second kappa shape index (κ2) is 6.46. The molecule has 15 heavy (non-hydrogen) atoms. The summed E-state index contributed by atoms with van der Waals surface area (Å²) in [4.78, 5) is 0. The molecule has 1 heterocycles. The van der Waals surface area contributed by atoms with Crippen molar-refractivity contribution in [1.82, 2.24) is 5.32 Å². The fourth-order valence-electron chi connectivity index (χ4n) is 2.38. The normalized spacial score (nSPS) is 28.2. The summed E-state index contributed by atoms with van der Waals surface area (Å²) in [6.07, 6.45) is 4.62. The number of rotatable bonds is 7. The lowest BCUT2D eigenvalue weighted by atomic mass is 9.90. The Labute approximate surface area is 93.5 Å². The number of nitrogens with one attached hydrogen (secondary N) is 1. The SMILES string of the molecule is CCNC(CCCOC)C1(C)CCCO1. The Balaban J connectivity index is 2.40. The van der Waals surface area contributed by atoms with Gasteiger partial charge in [0, 0.05) is 26.4 Å². The monoisotopic (exact) mass is 215 g/mol. The molecule has 0 aliphatic carbocycles. The van der Waals surface area contributed by atoms with Crippen LogP contribution in [0.5, 0.6) is 0 Å². The van der Waals surface area contributed by atoms with Crippen LogP contribution < -0.4 is 5.32 Å². The summed E-state index contributed by atoms with van der Waals surface area (Å²) < 4.78 is 11.0. The molecule has 1 aliphatic rings. The summed E-state index contributed by atoms with van der Waals surface area (Å²) in [5, 5.41) is 3.54. The maximum Gasteiger partial charge on any atom is 0.0807 e. The highest BCUT2D eigenvalue weighted by molar-refractivity contribution is 4.92. The van der Waals surface area contributed by atoms with Crippen molar-refractivity contribution in [2.75, 3.05) is 26.9 Å². The second-order valence-corrected chi connectivity index (χ2v) is 4.51. The molecule has 0 aromatic carbocycles. The average molecular weight is 215 g/mol. The second-order valence-electron chi connectivity index (χ2n) is 4.51. The molecule has 2 unspecified atom stereocenters. The maximum atomic E-state index is 5.88. The lowest BCUT2D eigenvalue weighted by molar-refractivity contribution is -0.0152. The molecule has 0 amide bonds. The Morgan fingerprint density at radius 3 is 2.87 bits per heavy atom. The molecule has 1 rings (SSSR count). The standard InChI is InChI=1S/C12H25NO2/c1-4-13-11(7-5-9-14-3)12(2)8-6-10-15-12/h11,13H,4-10H2,1-3H3. The van der Waals surface area contributed by atoms with E-state index in [-0.39, 0.29) is 5.60 Å². The van der Waals surface area contributed by atoms with Crippen molar-refractivity contribution in [1.29, 1.82) is 0 Å². The minimum Gasteiger partial charge on any atom is -0.385 e. The predicted octanol–water partition coefficient (Wildman–Crippen LogP) is 1.96. The molecule has 3 nitrogen and oxygen atoms in total. The summed E-state index contributed by atoms with van der Waals surface area (Å²) in [6, 6.07) is 0.472. The lowest BCUT2D eigenvalue weighted by Gasteiger charge is -2.34. The van der Waals surface area contributed by atoms with Gasteiger partial charge in [-0.15, -0.1) is 0 Å². The zero-order valence-corrected chi connectivity index (χ0v) is 10.3. The van der Waals surface area contributed by atoms with Gasteiger partial charge in [0.2, 0.25) is 0 Å². The fourth-order valence-corrected chi connectivity index (χ4v) is 2.38. The van der Waals surface area contributed by atoms with Gasteiger partial charge in [-0.3, -0.25) is 0 Å². The number of hydrogen-bond donors (Lipinski definition) is 1. The highest BCUT2D eigenvalue weighted by atomic mass is 16.5.